The minimum Gasteiger partial charge on any atom is -0.354 e. The Morgan fingerprint density at radius 1 is 1.12 bits per heavy atom. The Bertz CT molecular complexity index is 1020. The van der Waals surface area contributed by atoms with Crippen molar-refractivity contribution >= 4 is 56.4 Å². The van der Waals surface area contributed by atoms with E-state index in [4.69, 9.17) is 11.6 Å². The van der Waals surface area contributed by atoms with Crippen molar-refractivity contribution in [2.24, 2.45) is 0 Å². The van der Waals surface area contributed by atoms with Crippen molar-refractivity contribution in [3.8, 4) is 0 Å². The Balaban J connectivity index is 2.17. The molecule has 3 aromatic rings. The number of alkyl halides is 3. The Morgan fingerprint density at radius 3 is 2.38 bits per heavy atom. The Kier molecular flexibility index (Phi) is 4.94. The largest absolute Gasteiger partial charge is 0.454 e. The summed E-state index contributed by atoms with van der Waals surface area (Å²) < 4.78 is 52.9. The summed E-state index contributed by atoms with van der Waals surface area (Å²) in [6.07, 6.45) is -2.21. The summed E-state index contributed by atoms with van der Waals surface area (Å²) in [6.45, 7) is 0. The molecule has 0 fully saturated rings. The van der Waals surface area contributed by atoms with Crippen LogP contribution in [-0.4, -0.2) is 16.9 Å². The van der Waals surface area contributed by atoms with Crippen LogP contribution in [0.5, 0.6) is 0 Å². The number of halogens is 6. The van der Waals surface area contributed by atoms with Gasteiger partial charge in [0.2, 0.25) is 0 Å². The van der Waals surface area contributed by atoms with Gasteiger partial charge < -0.3 is 4.98 Å². The number of fused-ring (bicyclic) bond motifs is 1. The second-order valence-corrected chi connectivity index (χ2v) is 6.73. The molecule has 1 N–H and O–H groups in total. The van der Waals surface area contributed by atoms with Gasteiger partial charge in [0.05, 0.1) is 15.7 Å². The zero-order valence-electron chi connectivity index (χ0n) is 12.8. The summed E-state index contributed by atoms with van der Waals surface area (Å²) in [4.78, 5) is 14.6. The smallest absolute Gasteiger partial charge is 0.354 e. The van der Waals surface area contributed by atoms with Crippen molar-refractivity contribution < 1.29 is 22.4 Å². The molecule has 0 aliphatic heterocycles. The maximum atomic E-state index is 13.8. The van der Waals surface area contributed by atoms with Gasteiger partial charge in [-0.25, -0.2) is 4.39 Å². The van der Waals surface area contributed by atoms with Crippen LogP contribution in [0.4, 0.5) is 17.6 Å². The predicted octanol–water partition coefficient (Wildman–Crippen LogP) is 6.64. The van der Waals surface area contributed by atoms with E-state index in [9.17, 15) is 22.4 Å². The fourth-order valence-corrected chi connectivity index (χ4v) is 2.94. The molecule has 1 aromatic heterocycles. The molecule has 0 aliphatic carbocycles. The van der Waals surface area contributed by atoms with E-state index in [1.54, 1.807) is 24.3 Å². The number of carbonyl (C=O) groups excluding carboxylic acids is 1. The minimum atomic E-state index is -5.08. The van der Waals surface area contributed by atoms with E-state index in [2.05, 4.69) is 20.9 Å². The first kappa shape index (κ1) is 18.7. The van der Waals surface area contributed by atoms with Crippen molar-refractivity contribution in [3.05, 3.63) is 68.5 Å². The van der Waals surface area contributed by atoms with Crippen molar-refractivity contribution in [3.63, 3.8) is 0 Å². The Morgan fingerprint density at radius 2 is 1.77 bits per heavy atom. The van der Waals surface area contributed by atoms with E-state index in [-0.39, 0.29) is 21.1 Å². The molecule has 0 unspecified atom stereocenters. The lowest BCUT2D eigenvalue weighted by Gasteiger charge is -2.05. The molecule has 8 heteroatoms. The lowest BCUT2D eigenvalue weighted by atomic mass is 10.0. The first-order valence-corrected chi connectivity index (χ1v) is 8.40. The van der Waals surface area contributed by atoms with Gasteiger partial charge in [0, 0.05) is 15.9 Å². The molecule has 0 aliphatic rings. The second kappa shape index (κ2) is 6.89. The highest BCUT2D eigenvalue weighted by molar-refractivity contribution is 9.10. The fraction of sp³-hybridized carbons (Fsp3) is 0.0556. The highest BCUT2D eigenvalue weighted by atomic mass is 79.9. The average molecular weight is 447 g/mol. The minimum absolute atomic E-state index is 0.0604. The zero-order chi connectivity index (χ0) is 19.1. The van der Waals surface area contributed by atoms with E-state index in [1.807, 2.05) is 0 Å². The van der Waals surface area contributed by atoms with Crippen LogP contribution >= 0.6 is 27.5 Å². The van der Waals surface area contributed by atoms with Gasteiger partial charge in [-0.3, -0.25) is 4.79 Å². The molecule has 0 amide bonds. The van der Waals surface area contributed by atoms with Crippen molar-refractivity contribution in [1.29, 1.82) is 0 Å². The van der Waals surface area contributed by atoms with E-state index < -0.39 is 23.3 Å². The number of H-pyrrole nitrogens is 1. The number of hydrogen-bond acceptors (Lipinski definition) is 1. The van der Waals surface area contributed by atoms with E-state index >= 15 is 0 Å². The van der Waals surface area contributed by atoms with Crippen molar-refractivity contribution in [2.75, 3.05) is 0 Å². The fourth-order valence-electron chi connectivity index (χ4n) is 2.47. The highest BCUT2D eigenvalue weighted by Gasteiger charge is 2.41. The standard InChI is InChI=1S/C18H9BrClF4NO/c19-12-8-15-11(7-13(12)21)16(17(26)18(22,23)24)14(25-15)6-3-9-1-4-10(20)5-2-9/h1-8,25H/b6-3+. The third kappa shape index (κ3) is 3.68. The maximum absolute atomic E-state index is 13.8. The van der Waals surface area contributed by atoms with Gasteiger partial charge in [-0.05, 0) is 51.8 Å². The molecule has 2 aromatic carbocycles. The molecule has 0 spiro atoms. The number of ketones is 1. The number of aromatic nitrogens is 1. The summed E-state index contributed by atoms with van der Waals surface area (Å²) in [5.41, 5.74) is 0.200. The SMILES string of the molecule is O=C(c1c(/C=C/c2ccc(Cl)cc2)[nH]c2cc(Br)c(F)cc12)C(F)(F)F. The summed E-state index contributed by atoms with van der Waals surface area (Å²) in [5, 5.41) is 0.379. The van der Waals surface area contributed by atoms with Gasteiger partial charge in [-0.15, -0.1) is 0 Å². The monoisotopic (exact) mass is 445 g/mol. The third-order valence-electron chi connectivity index (χ3n) is 3.67. The first-order valence-electron chi connectivity index (χ1n) is 7.22. The van der Waals surface area contributed by atoms with Crippen LogP contribution in [0.2, 0.25) is 5.02 Å². The Labute approximate surface area is 158 Å². The highest BCUT2D eigenvalue weighted by Crippen LogP contribution is 2.33. The van der Waals surface area contributed by atoms with E-state index in [0.29, 0.717) is 10.6 Å². The van der Waals surface area contributed by atoms with Crippen LogP contribution < -0.4 is 0 Å². The molecule has 0 saturated carbocycles. The zero-order valence-corrected chi connectivity index (χ0v) is 15.1. The molecule has 134 valence electrons. The van der Waals surface area contributed by atoms with Crippen LogP contribution in [-0.2, 0) is 0 Å². The lowest BCUT2D eigenvalue weighted by Crippen LogP contribution is -2.23. The quantitative estimate of drug-likeness (QED) is 0.355. The predicted molar refractivity (Wildman–Crippen MR) is 96.7 cm³/mol. The maximum Gasteiger partial charge on any atom is 0.454 e. The first-order chi connectivity index (χ1) is 12.2. The molecular formula is C18H9BrClF4NO. The van der Waals surface area contributed by atoms with Gasteiger partial charge in [0.15, 0.2) is 0 Å². The van der Waals surface area contributed by atoms with Crippen LogP contribution in [0.15, 0.2) is 40.9 Å². The summed E-state index contributed by atoms with van der Waals surface area (Å²) >= 11 is 8.77. The molecule has 1 heterocycles. The Hall–Kier alpha value is -2.12. The number of benzene rings is 2. The molecule has 3 rings (SSSR count). The molecule has 26 heavy (non-hydrogen) atoms. The number of carbonyl (C=O) groups is 1. The van der Waals surface area contributed by atoms with Gasteiger partial charge >= 0.3 is 6.18 Å². The number of aromatic amines is 1. The molecule has 0 atom stereocenters. The van der Waals surface area contributed by atoms with Crippen molar-refractivity contribution in [2.45, 2.75) is 6.18 Å². The second-order valence-electron chi connectivity index (χ2n) is 5.44. The average Bonchev–Trinajstić information content (AvgIpc) is 2.90. The summed E-state index contributed by atoms with van der Waals surface area (Å²) in [7, 11) is 0. The number of rotatable bonds is 3. The van der Waals surface area contributed by atoms with Gasteiger partial charge in [0.25, 0.3) is 5.78 Å². The van der Waals surface area contributed by atoms with Crippen LogP contribution in [0, 0.1) is 5.82 Å². The number of hydrogen-bond donors (Lipinski definition) is 1. The summed E-state index contributed by atoms with van der Waals surface area (Å²) in [5.74, 6) is -2.80. The van der Waals surface area contributed by atoms with E-state index in [0.717, 1.165) is 6.07 Å². The normalized spacial score (nSPS) is 12.2. The number of Topliss-reactive ketones (excluding diaryl/α,β-unsaturated/α-hetero) is 1. The third-order valence-corrected chi connectivity index (χ3v) is 4.53. The molecule has 0 radical (unpaired) electrons. The van der Waals surface area contributed by atoms with Gasteiger partial charge in [0.1, 0.15) is 5.82 Å². The molecule has 0 saturated heterocycles. The molecule has 0 bridgehead atoms. The van der Waals surface area contributed by atoms with Gasteiger partial charge in [-0.2, -0.15) is 13.2 Å². The van der Waals surface area contributed by atoms with Gasteiger partial charge in [-0.1, -0.05) is 29.8 Å². The molecular weight excluding hydrogens is 438 g/mol. The van der Waals surface area contributed by atoms with Crippen molar-refractivity contribution in [1.82, 2.24) is 4.98 Å². The topological polar surface area (TPSA) is 32.9 Å². The van der Waals surface area contributed by atoms with E-state index in [1.165, 1.54) is 18.2 Å². The van der Waals surface area contributed by atoms with Crippen LogP contribution in [0.1, 0.15) is 21.6 Å². The van der Waals surface area contributed by atoms with Crippen LogP contribution in [0.3, 0.4) is 0 Å². The molecule has 2 nitrogen and oxygen atoms in total. The summed E-state index contributed by atoms with van der Waals surface area (Å²) in [6, 6.07) is 8.78. The number of nitrogens with one attached hydrogen (secondary N) is 1. The van der Waals surface area contributed by atoms with Crippen LogP contribution in [0.25, 0.3) is 23.1 Å². The lowest BCUT2D eigenvalue weighted by molar-refractivity contribution is -0.0884.